The number of rotatable bonds is 9. The average Bonchev–Trinajstić information content (AvgIpc) is 3.18. The van der Waals surface area contributed by atoms with Crippen LogP contribution in [0.5, 0.6) is 0 Å². The second-order valence-electron chi connectivity index (χ2n) is 11.9. The zero-order chi connectivity index (χ0) is 34.4. The summed E-state index contributed by atoms with van der Waals surface area (Å²) in [7, 11) is 3.33. The van der Waals surface area contributed by atoms with Crippen molar-refractivity contribution in [1.82, 2.24) is 4.90 Å². The van der Waals surface area contributed by atoms with Gasteiger partial charge in [0.15, 0.2) is 0 Å². The van der Waals surface area contributed by atoms with Crippen molar-refractivity contribution >= 4 is 58.5 Å². The molecule has 5 rings (SSSR count). The Bertz CT molecular complexity index is 1820. The van der Waals surface area contributed by atoms with Gasteiger partial charge in [-0.15, -0.1) is 6.58 Å². The number of likely N-dealkylation sites (N-methyl/N-ethyl adjacent to an activating group) is 2. The van der Waals surface area contributed by atoms with E-state index in [1.54, 1.807) is 42.2 Å². The van der Waals surface area contributed by atoms with Gasteiger partial charge in [0.05, 0.1) is 30.0 Å². The summed E-state index contributed by atoms with van der Waals surface area (Å²) in [6.45, 7) is 7.85. The summed E-state index contributed by atoms with van der Waals surface area (Å²) in [6, 6.07) is 11.7. The van der Waals surface area contributed by atoms with Crippen molar-refractivity contribution < 1.29 is 14.4 Å². The van der Waals surface area contributed by atoms with Crippen molar-refractivity contribution in [3.8, 4) is 0 Å². The van der Waals surface area contributed by atoms with Gasteiger partial charge < -0.3 is 16.0 Å². The summed E-state index contributed by atoms with van der Waals surface area (Å²) in [5, 5.41) is 2.91. The number of carbonyl (C=O) groups excluding carboxylic acids is 3. The van der Waals surface area contributed by atoms with Crippen LogP contribution in [0, 0.1) is 6.92 Å². The van der Waals surface area contributed by atoms with Gasteiger partial charge in [-0.05, 0) is 63.3 Å². The van der Waals surface area contributed by atoms with Crippen molar-refractivity contribution in [3.63, 3.8) is 0 Å². The Hall–Kier alpha value is -5.65. The molecule has 3 aliphatic rings. The molecule has 248 valence electrons. The third kappa shape index (κ3) is 7.33. The highest BCUT2D eigenvalue weighted by Crippen LogP contribution is 2.30. The van der Waals surface area contributed by atoms with Crippen LogP contribution in [0.2, 0.25) is 0 Å². The van der Waals surface area contributed by atoms with Gasteiger partial charge >= 0.3 is 6.03 Å². The van der Waals surface area contributed by atoms with Crippen LogP contribution in [0.1, 0.15) is 50.2 Å². The minimum absolute atomic E-state index is 0.145. The molecule has 3 N–H and O–H groups in total. The fourth-order valence-electron chi connectivity index (χ4n) is 5.76. The molecule has 3 aliphatic heterocycles. The summed E-state index contributed by atoms with van der Waals surface area (Å²) in [5.41, 5.74) is 12.8. The Kier molecular flexibility index (Phi) is 10.4. The van der Waals surface area contributed by atoms with Crippen LogP contribution in [-0.2, 0) is 9.59 Å². The molecule has 0 unspecified atom stereocenters. The minimum Gasteiger partial charge on any atom is -0.404 e. The highest BCUT2D eigenvalue weighted by Gasteiger charge is 2.34. The van der Waals surface area contributed by atoms with Crippen molar-refractivity contribution in [3.05, 3.63) is 89.9 Å². The largest absolute Gasteiger partial charge is 0.404 e. The zero-order valence-corrected chi connectivity index (χ0v) is 27.8. The number of benzodiazepines with no additional fused rings is 1. The van der Waals surface area contributed by atoms with E-state index < -0.39 is 6.04 Å². The minimum atomic E-state index is -0.894. The van der Waals surface area contributed by atoms with Gasteiger partial charge in [0.25, 0.3) is 5.91 Å². The number of amides is 4. The Balaban J connectivity index is 1.33. The predicted molar refractivity (Wildman–Crippen MR) is 193 cm³/mol. The summed E-state index contributed by atoms with van der Waals surface area (Å²) in [4.78, 5) is 63.0. The Morgan fingerprint density at radius 1 is 1.10 bits per heavy atom. The molecule has 0 spiro atoms. The van der Waals surface area contributed by atoms with Crippen molar-refractivity contribution in [2.75, 3.05) is 35.8 Å². The lowest BCUT2D eigenvalue weighted by atomic mass is 10.0. The molecule has 1 fully saturated rings. The topological polar surface area (TPSA) is 148 Å². The number of aryl methyl sites for hydroxylation is 1. The van der Waals surface area contributed by atoms with Gasteiger partial charge in [0.2, 0.25) is 5.91 Å². The molecule has 3 heterocycles. The summed E-state index contributed by atoms with van der Waals surface area (Å²) < 4.78 is 0. The highest BCUT2D eigenvalue weighted by atomic mass is 16.2. The first-order valence-corrected chi connectivity index (χ1v) is 15.8. The molecule has 4 amide bonds. The van der Waals surface area contributed by atoms with E-state index in [1.807, 2.05) is 50.3 Å². The maximum atomic E-state index is 13.6. The molecule has 12 heteroatoms. The van der Waals surface area contributed by atoms with E-state index in [2.05, 4.69) is 26.9 Å². The first-order chi connectivity index (χ1) is 23.1. The van der Waals surface area contributed by atoms with E-state index in [1.165, 1.54) is 17.4 Å². The van der Waals surface area contributed by atoms with Crippen LogP contribution >= 0.6 is 0 Å². The van der Waals surface area contributed by atoms with E-state index in [0.717, 1.165) is 46.8 Å². The first-order valence-electron chi connectivity index (χ1n) is 15.8. The summed E-state index contributed by atoms with van der Waals surface area (Å²) >= 11 is 0. The third-order valence-electron chi connectivity index (χ3n) is 8.48. The van der Waals surface area contributed by atoms with Crippen LogP contribution in [0.3, 0.4) is 0 Å². The number of aliphatic imine (C=N–C) groups is 4. The monoisotopic (exact) mass is 647 g/mol. The maximum absolute atomic E-state index is 13.6. The zero-order valence-electron chi connectivity index (χ0n) is 27.8. The number of fused-ring (bicyclic) bond motifs is 1. The molecular formula is C36H41N9O3. The van der Waals surface area contributed by atoms with E-state index >= 15 is 0 Å². The van der Waals surface area contributed by atoms with Crippen LogP contribution in [0.4, 0.5) is 21.9 Å². The molecule has 1 atom stereocenters. The normalized spacial score (nSPS) is 20.0. The molecule has 48 heavy (non-hydrogen) atoms. The molecule has 0 radical (unpaired) electrons. The molecule has 0 aromatic heterocycles. The average molecular weight is 648 g/mol. The van der Waals surface area contributed by atoms with Crippen LogP contribution < -0.4 is 20.9 Å². The smallest absolute Gasteiger partial charge is 0.330 e. The number of urea groups is 1. The van der Waals surface area contributed by atoms with Crippen molar-refractivity contribution in [2.24, 2.45) is 25.7 Å². The molecular weight excluding hydrogens is 606 g/mol. The van der Waals surface area contributed by atoms with Gasteiger partial charge in [0, 0.05) is 54.7 Å². The number of anilines is 3. The molecule has 0 aliphatic carbocycles. The van der Waals surface area contributed by atoms with Crippen LogP contribution in [0.15, 0.2) is 98.8 Å². The lowest BCUT2D eigenvalue weighted by molar-refractivity contribution is -0.123. The third-order valence-corrected chi connectivity index (χ3v) is 8.48. The Labute approximate surface area is 280 Å². The number of nitrogens with two attached hydrogens (primary N) is 1. The fourth-order valence-corrected chi connectivity index (χ4v) is 5.76. The summed E-state index contributed by atoms with van der Waals surface area (Å²) in [6.07, 6.45) is 9.15. The van der Waals surface area contributed by atoms with Gasteiger partial charge in [0.1, 0.15) is 18.2 Å². The lowest BCUT2D eigenvalue weighted by Gasteiger charge is -2.36. The molecule has 1 saturated heterocycles. The van der Waals surface area contributed by atoms with E-state index in [0.29, 0.717) is 35.6 Å². The number of nitrogens with one attached hydrogen (secondary N) is 1. The molecule has 0 bridgehead atoms. The first kappa shape index (κ1) is 33.7. The number of carbonyl (C=O) groups is 3. The van der Waals surface area contributed by atoms with Crippen LogP contribution in [-0.4, -0.2) is 73.0 Å². The molecule has 12 nitrogen and oxygen atoms in total. The number of hydrogen-bond acceptors (Lipinski definition) is 7. The van der Waals surface area contributed by atoms with Crippen LogP contribution in [0.25, 0.3) is 0 Å². The lowest BCUT2D eigenvalue weighted by Crippen LogP contribution is -2.52. The SMILES string of the molecule is C=CCCC1=N[C@@H](CC(=O)Nc2ccc(C)c(N3CC(=CN)C(=NC=NC4=CN=C(C)CC4)N(C)C3=O)c2)C(=O)N(C)c2ccccc21. The second kappa shape index (κ2) is 14.8. The Morgan fingerprint density at radius 2 is 1.90 bits per heavy atom. The van der Waals surface area contributed by atoms with Crippen molar-refractivity contribution in [2.45, 2.75) is 52.0 Å². The number of hydrogen-bond donors (Lipinski definition) is 2. The number of amidine groups is 1. The molecule has 0 saturated carbocycles. The second-order valence-corrected chi connectivity index (χ2v) is 11.9. The van der Waals surface area contributed by atoms with E-state index in [4.69, 9.17) is 10.7 Å². The fraction of sp³-hybridized carbons (Fsp3) is 0.306. The highest BCUT2D eigenvalue weighted by molar-refractivity contribution is 6.17. The van der Waals surface area contributed by atoms with Gasteiger partial charge in [-0.2, -0.15) is 0 Å². The molecule has 2 aromatic rings. The van der Waals surface area contributed by atoms with E-state index in [9.17, 15) is 14.4 Å². The number of benzene rings is 2. The van der Waals surface area contributed by atoms with Gasteiger partial charge in [-0.1, -0.05) is 30.3 Å². The predicted octanol–water partition coefficient (Wildman–Crippen LogP) is 5.36. The summed E-state index contributed by atoms with van der Waals surface area (Å²) in [5.74, 6) is -0.240. The standard InChI is InChI=1S/C36H41N9O3/c1-6-7-11-29-28-10-8-9-12-31(28)43(4)35(47)30(42-29)18-33(46)41-26-15-13-23(2)32(17-26)45-21-25(19-37)34(44(5)36(45)48)40-22-39-27-16-14-24(3)38-20-27/h6,8-10,12-13,15,17,19-20,22,30H,1,7,11,14,16,18,21,37H2,2-5H3,(H,41,46)/t30-/m0/s1. The number of para-hydroxylation sites is 1. The van der Waals surface area contributed by atoms with Gasteiger partial charge in [-0.3, -0.25) is 29.4 Å². The van der Waals surface area contributed by atoms with Gasteiger partial charge in [-0.25, -0.2) is 14.8 Å². The van der Waals surface area contributed by atoms with E-state index in [-0.39, 0.29) is 30.8 Å². The maximum Gasteiger partial charge on any atom is 0.330 e. The number of nitrogens with zero attached hydrogens (tertiary/aromatic N) is 7. The van der Waals surface area contributed by atoms with Crippen molar-refractivity contribution in [1.29, 1.82) is 0 Å². The number of allylic oxidation sites excluding steroid dienone is 2. The Morgan fingerprint density at radius 3 is 2.62 bits per heavy atom. The quantitative estimate of drug-likeness (QED) is 0.214. The molecule has 2 aromatic carbocycles.